The summed E-state index contributed by atoms with van der Waals surface area (Å²) in [4.78, 5) is 17.9. The molecule has 0 aliphatic carbocycles. The van der Waals surface area contributed by atoms with Crippen molar-refractivity contribution in [3.05, 3.63) is 87.9 Å². The van der Waals surface area contributed by atoms with Crippen LogP contribution in [0.2, 0.25) is 5.02 Å². The number of nitrogens with one attached hydrogen (secondary N) is 1. The molecule has 1 aliphatic rings. The lowest BCUT2D eigenvalue weighted by Crippen LogP contribution is -2.18. The minimum atomic E-state index is -0.340. The summed E-state index contributed by atoms with van der Waals surface area (Å²) >= 11 is 6.29. The number of aryl methyl sites for hydroxylation is 2. The van der Waals surface area contributed by atoms with Crippen molar-refractivity contribution in [1.29, 1.82) is 0 Å². The minimum Gasteiger partial charge on any atom is -0.454 e. The first kappa shape index (κ1) is 21.0. The summed E-state index contributed by atoms with van der Waals surface area (Å²) in [6.45, 7) is 4.22. The summed E-state index contributed by atoms with van der Waals surface area (Å²) in [6, 6.07) is 19.0. The van der Waals surface area contributed by atoms with Gasteiger partial charge in [0.2, 0.25) is 6.79 Å². The van der Waals surface area contributed by atoms with Crippen LogP contribution in [0.15, 0.2) is 65.8 Å². The Morgan fingerprint density at radius 1 is 1.06 bits per heavy atom. The van der Waals surface area contributed by atoms with E-state index in [4.69, 9.17) is 26.1 Å². The molecule has 3 aromatic carbocycles. The summed E-state index contributed by atoms with van der Waals surface area (Å²) in [5.41, 5.74) is 8.39. The molecule has 1 amide bonds. The van der Waals surface area contributed by atoms with Crippen LogP contribution in [0, 0.1) is 13.8 Å². The van der Waals surface area contributed by atoms with Gasteiger partial charge < -0.3 is 9.47 Å². The van der Waals surface area contributed by atoms with E-state index in [1.807, 2.05) is 44.2 Å². The fraction of sp³-hybridized carbons (Fsp3) is 0.115. The van der Waals surface area contributed by atoms with Gasteiger partial charge in [0.15, 0.2) is 11.5 Å². The highest BCUT2D eigenvalue weighted by molar-refractivity contribution is 6.33. The third-order valence-corrected chi connectivity index (χ3v) is 5.82. The van der Waals surface area contributed by atoms with Gasteiger partial charge in [-0.15, -0.1) is 0 Å². The van der Waals surface area contributed by atoms with Crippen molar-refractivity contribution >= 4 is 34.6 Å². The molecule has 6 nitrogen and oxygen atoms in total. The van der Waals surface area contributed by atoms with E-state index in [0.717, 1.165) is 33.3 Å². The number of hydrogen-bond donors (Lipinski definition) is 1. The van der Waals surface area contributed by atoms with Crippen LogP contribution in [0.1, 0.15) is 27.0 Å². The molecular formula is C26H20ClN3O3. The SMILES string of the molecule is Cc1ccc(C)c(-c2cc(C(=O)NN=Cc3cc4c(cc3Cl)OCO4)c3ccccc3n2)c1. The largest absolute Gasteiger partial charge is 0.454 e. The second-order valence-corrected chi connectivity index (χ2v) is 8.22. The molecule has 164 valence electrons. The molecule has 0 atom stereocenters. The van der Waals surface area contributed by atoms with Crippen LogP contribution < -0.4 is 14.9 Å². The van der Waals surface area contributed by atoms with Crippen molar-refractivity contribution in [2.24, 2.45) is 5.10 Å². The molecule has 7 heteroatoms. The fourth-order valence-electron chi connectivity index (χ4n) is 3.77. The highest BCUT2D eigenvalue weighted by Gasteiger charge is 2.17. The van der Waals surface area contributed by atoms with Gasteiger partial charge in [0, 0.05) is 22.6 Å². The topological polar surface area (TPSA) is 72.8 Å². The number of fused-ring (bicyclic) bond motifs is 2. The summed E-state index contributed by atoms with van der Waals surface area (Å²) in [7, 11) is 0. The van der Waals surface area contributed by atoms with E-state index in [0.29, 0.717) is 27.6 Å². The Bertz CT molecular complexity index is 1430. The molecule has 0 spiro atoms. The van der Waals surface area contributed by atoms with E-state index in [1.54, 1.807) is 12.1 Å². The molecular weight excluding hydrogens is 438 g/mol. The standard InChI is InChI=1S/C26H20ClN3O3/c1-15-7-8-16(2)19(9-15)23-11-20(18-5-3-4-6-22(18)29-23)26(31)30-28-13-17-10-24-25(12-21(17)27)33-14-32-24/h3-13H,14H2,1-2H3,(H,30,31). The van der Waals surface area contributed by atoms with Crippen LogP contribution in [0.4, 0.5) is 0 Å². The predicted molar refractivity (Wildman–Crippen MR) is 129 cm³/mol. The van der Waals surface area contributed by atoms with Crippen molar-refractivity contribution in [3.63, 3.8) is 0 Å². The highest BCUT2D eigenvalue weighted by atomic mass is 35.5. The van der Waals surface area contributed by atoms with Gasteiger partial charge in [0.25, 0.3) is 5.91 Å². The molecule has 0 unspecified atom stereocenters. The molecule has 0 saturated heterocycles. The number of para-hydroxylation sites is 1. The number of hydrazone groups is 1. The monoisotopic (exact) mass is 457 g/mol. The van der Waals surface area contributed by atoms with E-state index in [2.05, 4.69) is 28.7 Å². The molecule has 4 aromatic rings. The number of benzene rings is 3. The van der Waals surface area contributed by atoms with Crippen LogP contribution in [-0.2, 0) is 0 Å². The number of carbonyl (C=O) groups is 1. The molecule has 5 rings (SSSR count). The number of halogens is 1. The van der Waals surface area contributed by atoms with Crippen LogP contribution in [0.3, 0.4) is 0 Å². The zero-order valence-corrected chi connectivity index (χ0v) is 18.8. The van der Waals surface area contributed by atoms with Gasteiger partial charge in [-0.1, -0.05) is 47.5 Å². The van der Waals surface area contributed by atoms with Gasteiger partial charge >= 0.3 is 0 Å². The average Bonchev–Trinajstić information content (AvgIpc) is 3.27. The summed E-state index contributed by atoms with van der Waals surface area (Å²) in [5.74, 6) is 0.835. The Labute approximate surface area is 195 Å². The number of ether oxygens (including phenoxy) is 2. The Kier molecular flexibility index (Phi) is 5.44. The first-order valence-electron chi connectivity index (χ1n) is 10.4. The van der Waals surface area contributed by atoms with E-state index in [9.17, 15) is 4.79 Å². The third-order valence-electron chi connectivity index (χ3n) is 5.49. The normalized spacial score (nSPS) is 12.5. The quantitative estimate of drug-likeness (QED) is 0.317. The van der Waals surface area contributed by atoms with Gasteiger partial charge in [0.1, 0.15) is 0 Å². The zero-order chi connectivity index (χ0) is 22.9. The predicted octanol–water partition coefficient (Wildman–Crippen LogP) is 5.66. The smallest absolute Gasteiger partial charge is 0.272 e. The van der Waals surface area contributed by atoms with Gasteiger partial charge in [-0.25, -0.2) is 10.4 Å². The second-order valence-electron chi connectivity index (χ2n) is 7.82. The number of pyridine rings is 1. The summed E-state index contributed by atoms with van der Waals surface area (Å²) in [5, 5.41) is 5.32. The molecule has 0 bridgehead atoms. The van der Waals surface area contributed by atoms with E-state index in [1.165, 1.54) is 6.21 Å². The Morgan fingerprint density at radius 2 is 1.85 bits per heavy atom. The molecule has 0 saturated carbocycles. The Balaban J connectivity index is 1.48. The lowest BCUT2D eigenvalue weighted by molar-refractivity contribution is 0.0956. The average molecular weight is 458 g/mol. The number of rotatable bonds is 4. The second kappa shape index (κ2) is 8.56. The third kappa shape index (κ3) is 4.13. The van der Waals surface area contributed by atoms with Crippen LogP contribution in [0.25, 0.3) is 22.2 Å². The van der Waals surface area contributed by atoms with E-state index < -0.39 is 0 Å². The number of aromatic nitrogens is 1. The maximum atomic E-state index is 13.1. The lowest BCUT2D eigenvalue weighted by Gasteiger charge is -2.11. The van der Waals surface area contributed by atoms with E-state index >= 15 is 0 Å². The highest BCUT2D eigenvalue weighted by Crippen LogP contribution is 2.36. The van der Waals surface area contributed by atoms with Crippen molar-refractivity contribution in [1.82, 2.24) is 10.4 Å². The fourth-order valence-corrected chi connectivity index (χ4v) is 3.97. The number of nitrogens with zero attached hydrogens (tertiary/aromatic N) is 2. The van der Waals surface area contributed by atoms with Gasteiger partial charge in [-0.2, -0.15) is 5.10 Å². The lowest BCUT2D eigenvalue weighted by atomic mass is 9.99. The molecule has 1 N–H and O–H groups in total. The molecule has 0 radical (unpaired) electrons. The van der Waals surface area contributed by atoms with Crippen molar-refractivity contribution < 1.29 is 14.3 Å². The van der Waals surface area contributed by atoms with Crippen LogP contribution in [-0.4, -0.2) is 23.9 Å². The Morgan fingerprint density at radius 3 is 2.70 bits per heavy atom. The van der Waals surface area contributed by atoms with Gasteiger partial charge in [-0.05, 0) is 43.7 Å². The first-order chi connectivity index (χ1) is 16.0. The zero-order valence-electron chi connectivity index (χ0n) is 18.1. The van der Waals surface area contributed by atoms with Crippen molar-refractivity contribution in [3.8, 4) is 22.8 Å². The van der Waals surface area contributed by atoms with Gasteiger partial charge in [0.05, 0.1) is 28.0 Å². The molecule has 0 fully saturated rings. The van der Waals surface area contributed by atoms with Gasteiger partial charge in [-0.3, -0.25) is 4.79 Å². The maximum absolute atomic E-state index is 13.1. The molecule has 1 aliphatic heterocycles. The Hall–Kier alpha value is -3.90. The minimum absolute atomic E-state index is 0.154. The van der Waals surface area contributed by atoms with Crippen molar-refractivity contribution in [2.75, 3.05) is 6.79 Å². The van der Waals surface area contributed by atoms with Crippen LogP contribution in [0.5, 0.6) is 11.5 Å². The number of hydrogen-bond acceptors (Lipinski definition) is 5. The van der Waals surface area contributed by atoms with Crippen LogP contribution >= 0.6 is 11.6 Å². The number of amides is 1. The van der Waals surface area contributed by atoms with Crippen molar-refractivity contribution in [2.45, 2.75) is 13.8 Å². The molecule has 1 aromatic heterocycles. The first-order valence-corrected chi connectivity index (χ1v) is 10.8. The summed E-state index contributed by atoms with van der Waals surface area (Å²) in [6.07, 6.45) is 1.48. The van der Waals surface area contributed by atoms with E-state index in [-0.39, 0.29) is 12.7 Å². The number of carbonyl (C=O) groups excluding carboxylic acids is 1. The molecule has 33 heavy (non-hydrogen) atoms. The molecule has 2 heterocycles. The summed E-state index contributed by atoms with van der Waals surface area (Å²) < 4.78 is 10.7. The maximum Gasteiger partial charge on any atom is 0.272 e.